The zero-order chi connectivity index (χ0) is 15.4. The summed E-state index contributed by atoms with van der Waals surface area (Å²) in [6.45, 7) is 0.956. The smallest absolute Gasteiger partial charge is 0.323 e. The molecule has 1 aromatic heterocycles. The van der Waals surface area contributed by atoms with Gasteiger partial charge in [0, 0.05) is 37.9 Å². The number of nitrogens with zero attached hydrogens (tertiary/aromatic N) is 2. The molecule has 0 aliphatic carbocycles. The lowest BCUT2D eigenvalue weighted by Crippen LogP contribution is -2.37. The quantitative estimate of drug-likeness (QED) is 0.878. The van der Waals surface area contributed by atoms with Crippen molar-refractivity contribution in [1.82, 2.24) is 9.80 Å². The minimum absolute atomic E-state index is 0.0512. The fourth-order valence-electron chi connectivity index (χ4n) is 2.32. The van der Waals surface area contributed by atoms with Crippen LogP contribution in [0, 0.1) is 0 Å². The third-order valence-electron chi connectivity index (χ3n) is 3.51. The van der Waals surface area contributed by atoms with Crippen LogP contribution in [0.1, 0.15) is 23.3 Å². The number of hydrogen-bond donors (Lipinski definition) is 1. The highest BCUT2D eigenvalue weighted by Crippen LogP contribution is 2.24. The number of carboxylic acid groups (broad SMARTS) is 1. The number of rotatable bonds is 5. The van der Waals surface area contributed by atoms with Crippen LogP contribution in [0.25, 0.3) is 0 Å². The lowest BCUT2D eigenvalue weighted by Gasteiger charge is -2.27. The molecule has 0 bridgehead atoms. The van der Waals surface area contributed by atoms with Crippen molar-refractivity contribution >= 4 is 29.1 Å². The number of hydrogen-bond acceptors (Lipinski definition) is 4. The van der Waals surface area contributed by atoms with Crippen molar-refractivity contribution in [2.75, 3.05) is 20.1 Å². The lowest BCUT2D eigenvalue weighted by atomic mass is 10.1. The zero-order valence-corrected chi connectivity index (χ0v) is 12.7. The summed E-state index contributed by atoms with van der Waals surface area (Å²) < 4.78 is 0. The Morgan fingerprint density at radius 3 is 2.86 bits per heavy atom. The fourth-order valence-corrected chi connectivity index (χ4v) is 3.20. The van der Waals surface area contributed by atoms with E-state index in [1.165, 1.54) is 17.5 Å². The van der Waals surface area contributed by atoms with Crippen LogP contribution in [-0.4, -0.2) is 52.8 Å². The van der Waals surface area contributed by atoms with Crippen LogP contribution in [0.15, 0.2) is 11.4 Å². The molecule has 0 radical (unpaired) electrons. The van der Waals surface area contributed by atoms with Crippen molar-refractivity contribution in [3.63, 3.8) is 0 Å². The molecule has 0 unspecified atom stereocenters. The summed E-state index contributed by atoms with van der Waals surface area (Å²) in [6.07, 6.45) is 1.05. The van der Waals surface area contributed by atoms with Crippen molar-refractivity contribution < 1.29 is 19.5 Å². The van der Waals surface area contributed by atoms with Gasteiger partial charge in [-0.1, -0.05) is 0 Å². The van der Waals surface area contributed by atoms with Crippen molar-refractivity contribution in [2.45, 2.75) is 25.8 Å². The van der Waals surface area contributed by atoms with Crippen LogP contribution in [0.2, 0.25) is 0 Å². The average Bonchev–Trinajstić information content (AvgIpc) is 2.90. The van der Waals surface area contributed by atoms with Gasteiger partial charge in [-0.05, 0) is 23.4 Å². The fraction of sp³-hybridized carbons (Fsp3) is 0.500. The normalized spacial score (nSPS) is 13.7. The van der Waals surface area contributed by atoms with E-state index >= 15 is 0 Å². The summed E-state index contributed by atoms with van der Waals surface area (Å²) in [5, 5.41) is 10.6. The zero-order valence-electron chi connectivity index (χ0n) is 11.9. The minimum Gasteiger partial charge on any atom is -0.480 e. The Bertz CT molecular complexity index is 555. The number of thiophene rings is 1. The Morgan fingerprint density at radius 2 is 2.14 bits per heavy atom. The van der Waals surface area contributed by atoms with Crippen LogP contribution in [-0.2, 0) is 27.3 Å². The standard InChI is InChI=1S/C14H18N2O4S/c1-15(9-14(19)20)12(17)2-3-13(18)16-6-4-11-10(8-16)5-7-21-11/h5,7H,2-4,6,8-9H2,1H3,(H,19,20). The number of carbonyl (C=O) groups is 3. The van der Waals surface area contributed by atoms with Gasteiger partial charge in [0.15, 0.2) is 0 Å². The SMILES string of the molecule is CN(CC(=O)O)C(=O)CCC(=O)N1CCc2sccc2C1. The van der Waals surface area contributed by atoms with Gasteiger partial charge < -0.3 is 14.9 Å². The highest BCUT2D eigenvalue weighted by molar-refractivity contribution is 7.10. The maximum Gasteiger partial charge on any atom is 0.323 e. The highest BCUT2D eigenvalue weighted by Gasteiger charge is 2.22. The molecule has 0 fully saturated rings. The molecule has 0 atom stereocenters. The lowest BCUT2D eigenvalue weighted by molar-refractivity contribution is -0.144. The van der Waals surface area contributed by atoms with Gasteiger partial charge in [0.1, 0.15) is 6.54 Å². The summed E-state index contributed by atoms with van der Waals surface area (Å²) >= 11 is 1.71. The van der Waals surface area contributed by atoms with Crippen LogP contribution in [0.5, 0.6) is 0 Å². The Morgan fingerprint density at radius 1 is 1.38 bits per heavy atom. The van der Waals surface area contributed by atoms with E-state index in [1.54, 1.807) is 16.2 Å². The largest absolute Gasteiger partial charge is 0.480 e. The van der Waals surface area contributed by atoms with Gasteiger partial charge in [-0.3, -0.25) is 14.4 Å². The third kappa shape index (κ3) is 4.04. The molecule has 0 saturated heterocycles. The molecule has 114 valence electrons. The second-order valence-electron chi connectivity index (χ2n) is 5.08. The van der Waals surface area contributed by atoms with Crippen molar-refractivity contribution in [2.24, 2.45) is 0 Å². The van der Waals surface area contributed by atoms with E-state index in [4.69, 9.17) is 5.11 Å². The van der Waals surface area contributed by atoms with Gasteiger partial charge in [0.05, 0.1) is 0 Å². The predicted molar refractivity (Wildman–Crippen MR) is 77.9 cm³/mol. The number of aliphatic carboxylic acids is 1. The molecule has 21 heavy (non-hydrogen) atoms. The molecule has 2 heterocycles. The number of carbonyl (C=O) groups excluding carboxylic acids is 2. The molecule has 1 aliphatic rings. The van der Waals surface area contributed by atoms with Crippen LogP contribution in [0.4, 0.5) is 0 Å². The molecule has 1 aliphatic heterocycles. The second kappa shape index (κ2) is 6.71. The number of fused-ring (bicyclic) bond motifs is 1. The molecule has 0 spiro atoms. The summed E-state index contributed by atoms with van der Waals surface area (Å²) in [4.78, 5) is 38.6. The number of likely N-dealkylation sites (N-methyl/N-ethyl adjacent to an activating group) is 1. The first-order valence-corrected chi connectivity index (χ1v) is 7.64. The summed E-state index contributed by atoms with van der Waals surface area (Å²) in [5.74, 6) is -1.43. The van der Waals surface area contributed by atoms with Gasteiger partial charge in [-0.25, -0.2) is 0 Å². The predicted octanol–water partition coefficient (Wildman–Crippen LogP) is 0.956. The summed E-state index contributed by atoms with van der Waals surface area (Å²) in [6, 6.07) is 2.03. The monoisotopic (exact) mass is 310 g/mol. The van der Waals surface area contributed by atoms with E-state index in [9.17, 15) is 14.4 Å². The van der Waals surface area contributed by atoms with Crippen LogP contribution in [0.3, 0.4) is 0 Å². The van der Waals surface area contributed by atoms with Gasteiger partial charge in [0.2, 0.25) is 11.8 Å². The van der Waals surface area contributed by atoms with Crippen LogP contribution < -0.4 is 0 Å². The highest BCUT2D eigenvalue weighted by atomic mass is 32.1. The van der Waals surface area contributed by atoms with Gasteiger partial charge in [-0.2, -0.15) is 0 Å². The molecule has 0 saturated carbocycles. The Hall–Kier alpha value is -1.89. The van der Waals surface area contributed by atoms with Crippen LogP contribution >= 0.6 is 11.3 Å². The maximum atomic E-state index is 12.1. The molecule has 6 nitrogen and oxygen atoms in total. The van der Waals surface area contributed by atoms with E-state index in [1.807, 2.05) is 11.4 Å². The summed E-state index contributed by atoms with van der Waals surface area (Å²) in [7, 11) is 1.43. The van der Waals surface area contributed by atoms with Crippen molar-refractivity contribution in [3.8, 4) is 0 Å². The first kappa shape index (κ1) is 15.5. The van der Waals surface area contributed by atoms with E-state index in [0.29, 0.717) is 13.1 Å². The third-order valence-corrected chi connectivity index (χ3v) is 4.53. The van der Waals surface area contributed by atoms with Gasteiger partial charge >= 0.3 is 5.97 Å². The second-order valence-corrected chi connectivity index (χ2v) is 6.08. The number of carboxylic acids is 1. The molecule has 7 heteroatoms. The molecule has 1 N–H and O–H groups in total. The topological polar surface area (TPSA) is 77.9 Å². The van der Waals surface area contributed by atoms with E-state index in [2.05, 4.69) is 0 Å². The average molecular weight is 310 g/mol. The van der Waals surface area contributed by atoms with E-state index in [-0.39, 0.29) is 31.2 Å². The number of amides is 2. The van der Waals surface area contributed by atoms with Crippen molar-refractivity contribution in [3.05, 3.63) is 21.9 Å². The Balaban J connectivity index is 1.80. The molecular formula is C14H18N2O4S. The minimum atomic E-state index is -1.06. The molecule has 0 aromatic carbocycles. The maximum absolute atomic E-state index is 12.1. The molecule has 1 aromatic rings. The Labute approximate surface area is 127 Å². The molecular weight excluding hydrogens is 292 g/mol. The Kier molecular flexibility index (Phi) is 4.95. The van der Waals surface area contributed by atoms with E-state index in [0.717, 1.165) is 11.3 Å². The molecule has 2 rings (SSSR count). The van der Waals surface area contributed by atoms with Crippen molar-refractivity contribution in [1.29, 1.82) is 0 Å². The summed E-state index contributed by atoms with van der Waals surface area (Å²) in [5.41, 5.74) is 1.19. The first-order valence-electron chi connectivity index (χ1n) is 6.76. The van der Waals surface area contributed by atoms with Gasteiger partial charge in [0.25, 0.3) is 0 Å². The first-order chi connectivity index (χ1) is 9.97. The molecule has 2 amide bonds. The van der Waals surface area contributed by atoms with Gasteiger partial charge in [-0.15, -0.1) is 11.3 Å². The van der Waals surface area contributed by atoms with E-state index < -0.39 is 5.97 Å².